The maximum atomic E-state index is 12.3. The number of rotatable bonds is 10. The third-order valence-corrected chi connectivity index (χ3v) is 4.61. The van der Waals surface area contributed by atoms with Crippen molar-refractivity contribution in [3.8, 4) is 0 Å². The van der Waals surface area contributed by atoms with E-state index in [1.165, 1.54) is 17.1 Å². The number of hydrogen-bond acceptors (Lipinski definition) is 5. The number of hydrogen-bond donors (Lipinski definition) is 0. The number of imide groups is 1. The molecule has 2 amide bonds. The van der Waals surface area contributed by atoms with Crippen molar-refractivity contribution < 1.29 is 23.8 Å². The largest absolute Gasteiger partial charge is 0.375 e. The lowest BCUT2D eigenvalue weighted by Crippen LogP contribution is -2.49. The van der Waals surface area contributed by atoms with Crippen molar-refractivity contribution in [1.82, 2.24) is 4.90 Å². The van der Waals surface area contributed by atoms with Crippen LogP contribution in [0.25, 0.3) is 0 Å². The molecule has 0 spiro atoms. The highest BCUT2D eigenvalue weighted by Gasteiger charge is 2.51. The summed E-state index contributed by atoms with van der Waals surface area (Å²) in [5.41, 5.74) is 0. The molecule has 6 nitrogen and oxygen atoms in total. The van der Waals surface area contributed by atoms with Crippen LogP contribution in [-0.4, -0.2) is 60.9 Å². The van der Waals surface area contributed by atoms with Crippen LogP contribution < -0.4 is 0 Å². The lowest BCUT2D eigenvalue weighted by molar-refractivity contribution is -0.148. The number of carbonyl (C=O) groups excluding carboxylic acids is 2. The van der Waals surface area contributed by atoms with Crippen LogP contribution in [0.4, 0.5) is 0 Å². The molecule has 1 unspecified atom stereocenters. The smallest absolute Gasteiger partial charge is 0.253 e. The quantitative estimate of drug-likeness (QED) is 0.545. The Balaban J connectivity index is 2.23. The van der Waals surface area contributed by atoms with E-state index in [-0.39, 0.29) is 36.2 Å². The minimum Gasteiger partial charge on any atom is -0.375 e. The predicted molar refractivity (Wildman–Crippen MR) is 103 cm³/mol. The lowest BCUT2D eigenvalue weighted by atomic mass is 10.1. The van der Waals surface area contributed by atoms with Gasteiger partial charge in [0, 0.05) is 32.0 Å². The Bertz CT molecular complexity index is 525. The van der Waals surface area contributed by atoms with E-state index in [0.717, 1.165) is 0 Å². The molecular weight excluding hydrogens is 346 g/mol. The van der Waals surface area contributed by atoms with Gasteiger partial charge < -0.3 is 14.2 Å². The van der Waals surface area contributed by atoms with Gasteiger partial charge in [-0.15, -0.1) is 0 Å². The second-order valence-corrected chi connectivity index (χ2v) is 8.83. The normalized spacial score (nSPS) is 28.6. The molecule has 1 saturated carbocycles. The van der Waals surface area contributed by atoms with Crippen LogP contribution >= 0.6 is 0 Å². The van der Waals surface area contributed by atoms with Crippen molar-refractivity contribution in [3.05, 3.63) is 12.2 Å². The number of carbonyl (C=O) groups is 2. The van der Waals surface area contributed by atoms with Crippen molar-refractivity contribution >= 4 is 11.8 Å². The predicted octanol–water partition coefficient (Wildman–Crippen LogP) is 2.81. The Morgan fingerprint density at radius 2 is 1.26 bits per heavy atom. The molecule has 1 aliphatic heterocycles. The highest BCUT2D eigenvalue weighted by atomic mass is 16.6. The van der Waals surface area contributed by atoms with E-state index >= 15 is 0 Å². The van der Waals surface area contributed by atoms with Crippen molar-refractivity contribution in [2.75, 3.05) is 19.8 Å². The molecule has 0 bridgehead atoms. The summed E-state index contributed by atoms with van der Waals surface area (Å²) in [7, 11) is 0. The third-order valence-electron chi connectivity index (χ3n) is 4.61. The summed E-state index contributed by atoms with van der Waals surface area (Å²) in [5.74, 6) is 0.541. The molecule has 1 heterocycles. The summed E-state index contributed by atoms with van der Waals surface area (Å²) in [6, 6.07) is -0.368. The average Bonchev–Trinajstić information content (AvgIpc) is 3.08. The van der Waals surface area contributed by atoms with Crippen LogP contribution in [0, 0.1) is 17.8 Å². The van der Waals surface area contributed by atoms with E-state index in [4.69, 9.17) is 14.2 Å². The summed E-state index contributed by atoms with van der Waals surface area (Å²) in [6.07, 6.45) is 2.32. The van der Waals surface area contributed by atoms with Gasteiger partial charge in [-0.05, 0) is 24.2 Å². The van der Waals surface area contributed by atoms with Crippen molar-refractivity contribution in [2.24, 2.45) is 17.8 Å². The summed E-state index contributed by atoms with van der Waals surface area (Å²) < 4.78 is 18.5. The van der Waals surface area contributed by atoms with Gasteiger partial charge in [-0.25, -0.2) is 0 Å². The minimum atomic E-state index is -0.379. The molecule has 0 aromatic heterocycles. The standard InChI is InChI=1S/C21H35NO5/c1-13(2)10-25-17-9-16(22-18(23)7-8-19(22)24)20(26-11-14(3)4)21(17)27-12-15(5)6/h7-8,13-17,20-21H,9-12H2,1-6H3/t16-,17?,20-,21-/m0/s1. The molecule has 0 aromatic carbocycles. The summed E-state index contributed by atoms with van der Waals surface area (Å²) in [6.45, 7) is 14.3. The maximum Gasteiger partial charge on any atom is 0.253 e. The summed E-state index contributed by atoms with van der Waals surface area (Å²) in [5, 5.41) is 0. The lowest BCUT2D eigenvalue weighted by Gasteiger charge is -2.31. The molecule has 0 N–H and O–H groups in total. The first-order valence-electron chi connectivity index (χ1n) is 10.1. The molecule has 2 rings (SSSR count). The minimum absolute atomic E-state index is 0.200. The molecule has 1 fully saturated rings. The van der Waals surface area contributed by atoms with E-state index < -0.39 is 0 Å². The first kappa shape index (κ1) is 22.1. The molecular formula is C21H35NO5. The van der Waals surface area contributed by atoms with Crippen LogP contribution in [0.15, 0.2) is 12.2 Å². The van der Waals surface area contributed by atoms with Crippen LogP contribution in [-0.2, 0) is 23.8 Å². The fourth-order valence-corrected chi connectivity index (χ4v) is 3.42. The molecule has 27 heavy (non-hydrogen) atoms. The topological polar surface area (TPSA) is 65.1 Å². The zero-order chi connectivity index (χ0) is 20.1. The monoisotopic (exact) mass is 381 g/mol. The van der Waals surface area contributed by atoms with E-state index in [9.17, 15) is 9.59 Å². The van der Waals surface area contributed by atoms with Gasteiger partial charge in [-0.2, -0.15) is 0 Å². The van der Waals surface area contributed by atoms with Crippen LogP contribution in [0.5, 0.6) is 0 Å². The zero-order valence-corrected chi connectivity index (χ0v) is 17.5. The highest BCUT2D eigenvalue weighted by Crippen LogP contribution is 2.34. The van der Waals surface area contributed by atoms with E-state index in [1.54, 1.807) is 0 Å². The fourth-order valence-electron chi connectivity index (χ4n) is 3.42. The van der Waals surface area contributed by atoms with E-state index in [2.05, 4.69) is 41.5 Å². The maximum absolute atomic E-state index is 12.3. The second kappa shape index (κ2) is 9.80. The Labute approximate surface area is 163 Å². The Hall–Kier alpha value is -1.24. The first-order chi connectivity index (χ1) is 12.7. The van der Waals surface area contributed by atoms with Gasteiger partial charge >= 0.3 is 0 Å². The molecule has 2 aliphatic rings. The van der Waals surface area contributed by atoms with Crippen LogP contribution in [0.1, 0.15) is 48.0 Å². The number of ether oxygens (including phenoxy) is 3. The third kappa shape index (κ3) is 5.87. The van der Waals surface area contributed by atoms with Crippen molar-refractivity contribution in [3.63, 3.8) is 0 Å². The molecule has 0 radical (unpaired) electrons. The zero-order valence-electron chi connectivity index (χ0n) is 17.5. The van der Waals surface area contributed by atoms with Crippen LogP contribution in [0.2, 0.25) is 0 Å². The number of nitrogens with zero attached hydrogens (tertiary/aromatic N) is 1. The van der Waals surface area contributed by atoms with Gasteiger partial charge in [0.15, 0.2) is 0 Å². The fraction of sp³-hybridized carbons (Fsp3) is 0.810. The van der Waals surface area contributed by atoms with Crippen molar-refractivity contribution in [1.29, 1.82) is 0 Å². The molecule has 0 saturated heterocycles. The van der Waals surface area contributed by atoms with E-state index in [0.29, 0.717) is 44.0 Å². The molecule has 1 aliphatic carbocycles. The molecule has 4 atom stereocenters. The van der Waals surface area contributed by atoms with Gasteiger partial charge in [0.2, 0.25) is 0 Å². The number of amides is 2. The Morgan fingerprint density at radius 3 is 1.74 bits per heavy atom. The van der Waals surface area contributed by atoms with Crippen LogP contribution in [0.3, 0.4) is 0 Å². The molecule has 6 heteroatoms. The summed E-state index contributed by atoms with van der Waals surface area (Å²) in [4.78, 5) is 25.9. The SMILES string of the molecule is CC(C)COC1C[C@H](N2C(=O)C=CC2=O)[C@H](OCC(C)C)[C@H]1OCC(C)C. The Kier molecular flexibility index (Phi) is 8.01. The average molecular weight is 382 g/mol. The van der Waals surface area contributed by atoms with Gasteiger partial charge in [-0.1, -0.05) is 41.5 Å². The van der Waals surface area contributed by atoms with Gasteiger partial charge in [0.05, 0.1) is 12.1 Å². The van der Waals surface area contributed by atoms with E-state index in [1.807, 2.05) is 0 Å². The second-order valence-electron chi connectivity index (χ2n) is 8.83. The van der Waals surface area contributed by atoms with Crippen molar-refractivity contribution in [2.45, 2.75) is 72.3 Å². The molecule has 154 valence electrons. The highest BCUT2D eigenvalue weighted by molar-refractivity contribution is 6.13. The van der Waals surface area contributed by atoms with Gasteiger partial charge in [0.1, 0.15) is 12.2 Å². The Morgan fingerprint density at radius 1 is 0.815 bits per heavy atom. The molecule has 0 aromatic rings. The first-order valence-corrected chi connectivity index (χ1v) is 10.1. The van der Waals surface area contributed by atoms with Gasteiger partial charge in [-0.3, -0.25) is 14.5 Å². The van der Waals surface area contributed by atoms with Gasteiger partial charge in [0.25, 0.3) is 11.8 Å². The summed E-state index contributed by atoms with van der Waals surface area (Å²) >= 11 is 0.